The van der Waals surface area contributed by atoms with E-state index in [1.165, 1.54) is 16.8 Å². The van der Waals surface area contributed by atoms with E-state index >= 15 is 0 Å². The zero-order valence-electron chi connectivity index (χ0n) is 12.2. The molecule has 3 aromatic rings. The zero-order valence-corrected chi connectivity index (χ0v) is 13.0. The molecule has 4 heteroatoms. The van der Waals surface area contributed by atoms with Crippen LogP contribution in [0.4, 0.5) is 11.4 Å². The van der Waals surface area contributed by atoms with Crippen LogP contribution in [0.2, 0.25) is 0 Å². The smallest absolute Gasteiger partial charge is 0.127 e. The van der Waals surface area contributed by atoms with E-state index in [0.717, 1.165) is 35.4 Å². The van der Waals surface area contributed by atoms with Gasteiger partial charge in [0.15, 0.2) is 0 Å². The van der Waals surface area contributed by atoms with Crippen LogP contribution in [-0.2, 0) is 0 Å². The topological polar surface area (TPSA) is 42.1 Å². The van der Waals surface area contributed by atoms with Gasteiger partial charge in [0.25, 0.3) is 0 Å². The maximum atomic E-state index is 6.13. The molecule has 4 rings (SSSR count). The minimum atomic E-state index is 0.834. The molecule has 0 saturated heterocycles. The van der Waals surface area contributed by atoms with E-state index in [0.29, 0.717) is 0 Å². The molecule has 0 radical (unpaired) electrons. The van der Waals surface area contributed by atoms with Crippen molar-refractivity contribution >= 4 is 38.5 Å². The second-order valence-electron chi connectivity index (χ2n) is 5.49. The van der Waals surface area contributed by atoms with Gasteiger partial charge in [-0.2, -0.15) is 0 Å². The Morgan fingerprint density at radius 3 is 2.77 bits per heavy atom. The summed E-state index contributed by atoms with van der Waals surface area (Å²) in [5.41, 5.74) is 10.9. The molecule has 2 aromatic heterocycles. The van der Waals surface area contributed by atoms with Gasteiger partial charge in [-0.05, 0) is 23.6 Å². The zero-order chi connectivity index (χ0) is 14.9. The summed E-state index contributed by atoms with van der Waals surface area (Å²) in [4.78, 5) is 7.83. The fourth-order valence-corrected chi connectivity index (χ4v) is 3.86. The number of nitrogens with zero attached hydrogens (tertiary/aromatic N) is 2. The molecule has 0 fully saturated rings. The molecule has 1 aliphatic rings. The van der Waals surface area contributed by atoms with Crippen LogP contribution in [-0.4, -0.2) is 18.1 Å². The van der Waals surface area contributed by atoms with Crippen LogP contribution in [0.25, 0.3) is 15.8 Å². The third-order valence-electron chi connectivity index (χ3n) is 4.17. The molecule has 22 heavy (non-hydrogen) atoms. The van der Waals surface area contributed by atoms with Crippen molar-refractivity contribution in [3.05, 3.63) is 59.6 Å². The molecule has 0 saturated carbocycles. The SMILES string of the molecule is Nc1csc2nccc(N3CC=C(c4ccccc4)CC3)c12. The molecule has 1 aromatic carbocycles. The molecule has 0 atom stereocenters. The number of hydrogen-bond acceptors (Lipinski definition) is 4. The maximum Gasteiger partial charge on any atom is 0.127 e. The Morgan fingerprint density at radius 2 is 2.00 bits per heavy atom. The lowest BCUT2D eigenvalue weighted by Gasteiger charge is -2.29. The summed E-state index contributed by atoms with van der Waals surface area (Å²) < 4.78 is 0. The number of nitrogen functional groups attached to an aromatic ring is 1. The van der Waals surface area contributed by atoms with Crippen LogP contribution < -0.4 is 10.6 Å². The Balaban J connectivity index is 1.66. The first kappa shape index (κ1) is 13.3. The standard InChI is InChI=1S/C18H17N3S/c19-15-12-22-18-17(15)16(6-9-20-18)21-10-7-14(8-11-21)13-4-2-1-3-5-13/h1-7,9,12H,8,10-11,19H2. The van der Waals surface area contributed by atoms with Gasteiger partial charge in [0.1, 0.15) is 4.83 Å². The first-order chi connectivity index (χ1) is 10.8. The molecule has 3 nitrogen and oxygen atoms in total. The lowest BCUT2D eigenvalue weighted by molar-refractivity contribution is 0.836. The van der Waals surface area contributed by atoms with Gasteiger partial charge in [-0.1, -0.05) is 36.4 Å². The Kier molecular flexibility index (Phi) is 3.31. The quantitative estimate of drug-likeness (QED) is 0.772. The number of aromatic nitrogens is 1. The molecule has 0 unspecified atom stereocenters. The molecule has 110 valence electrons. The van der Waals surface area contributed by atoms with Gasteiger partial charge in [-0.15, -0.1) is 11.3 Å². The summed E-state index contributed by atoms with van der Waals surface area (Å²) >= 11 is 1.61. The highest BCUT2D eigenvalue weighted by atomic mass is 32.1. The van der Waals surface area contributed by atoms with Crippen LogP contribution in [0, 0.1) is 0 Å². The second kappa shape index (κ2) is 5.46. The second-order valence-corrected chi connectivity index (χ2v) is 6.35. The summed E-state index contributed by atoms with van der Waals surface area (Å²) in [6.07, 6.45) is 5.26. The van der Waals surface area contributed by atoms with Crippen molar-refractivity contribution in [1.82, 2.24) is 4.98 Å². The number of thiophene rings is 1. The van der Waals surface area contributed by atoms with Crippen molar-refractivity contribution in [2.24, 2.45) is 0 Å². The molecule has 0 spiro atoms. The molecule has 0 amide bonds. The van der Waals surface area contributed by atoms with Crippen molar-refractivity contribution in [3.8, 4) is 0 Å². The number of rotatable bonds is 2. The van der Waals surface area contributed by atoms with Crippen molar-refractivity contribution in [3.63, 3.8) is 0 Å². The summed E-state index contributed by atoms with van der Waals surface area (Å²) in [6.45, 7) is 1.92. The average Bonchev–Trinajstić information content (AvgIpc) is 2.97. The number of fused-ring (bicyclic) bond motifs is 1. The van der Waals surface area contributed by atoms with Crippen molar-refractivity contribution in [2.45, 2.75) is 6.42 Å². The van der Waals surface area contributed by atoms with Crippen molar-refractivity contribution in [2.75, 3.05) is 23.7 Å². The summed E-state index contributed by atoms with van der Waals surface area (Å²) in [5, 5.41) is 3.08. The summed E-state index contributed by atoms with van der Waals surface area (Å²) in [6, 6.07) is 12.7. The molecule has 0 bridgehead atoms. The Morgan fingerprint density at radius 1 is 1.14 bits per heavy atom. The largest absolute Gasteiger partial charge is 0.397 e. The van der Waals surface area contributed by atoms with E-state index in [-0.39, 0.29) is 0 Å². The van der Waals surface area contributed by atoms with E-state index in [4.69, 9.17) is 5.73 Å². The number of hydrogen-bond donors (Lipinski definition) is 1. The lowest BCUT2D eigenvalue weighted by Crippen LogP contribution is -2.28. The van der Waals surface area contributed by atoms with E-state index in [1.807, 2.05) is 11.6 Å². The molecule has 1 aliphatic heterocycles. The molecular weight excluding hydrogens is 290 g/mol. The van der Waals surface area contributed by atoms with Crippen LogP contribution in [0.1, 0.15) is 12.0 Å². The van der Waals surface area contributed by atoms with E-state index in [9.17, 15) is 0 Å². The predicted molar refractivity (Wildman–Crippen MR) is 95.3 cm³/mol. The van der Waals surface area contributed by atoms with Crippen LogP contribution in [0.3, 0.4) is 0 Å². The highest BCUT2D eigenvalue weighted by molar-refractivity contribution is 7.17. The Labute approximate surface area is 133 Å². The molecule has 0 aliphatic carbocycles. The van der Waals surface area contributed by atoms with Gasteiger partial charge in [-0.3, -0.25) is 0 Å². The van der Waals surface area contributed by atoms with Gasteiger partial charge < -0.3 is 10.6 Å². The highest BCUT2D eigenvalue weighted by Gasteiger charge is 2.17. The van der Waals surface area contributed by atoms with Gasteiger partial charge in [-0.25, -0.2) is 4.98 Å². The normalized spacial score (nSPS) is 15.1. The molecular formula is C18H17N3S. The fraction of sp³-hybridized carbons (Fsp3) is 0.167. The van der Waals surface area contributed by atoms with Gasteiger partial charge in [0.05, 0.1) is 16.8 Å². The van der Waals surface area contributed by atoms with E-state index in [1.54, 1.807) is 11.3 Å². The van der Waals surface area contributed by atoms with Gasteiger partial charge >= 0.3 is 0 Å². The van der Waals surface area contributed by atoms with Crippen molar-refractivity contribution in [1.29, 1.82) is 0 Å². The lowest BCUT2D eigenvalue weighted by atomic mass is 9.99. The molecule has 3 heterocycles. The number of nitrogens with two attached hydrogens (primary N) is 1. The number of anilines is 2. The summed E-state index contributed by atoms with van der Waals surface area (Å²) in [5.74, 6) is 0. The monoisotopic (exact) mass is 307 g/mol. The average molecular weight is 307 g/mol. The first-order valence-corrected chi connectivity index (χ1v) is 8.32. The minimum Gasteiger partial charge on any atom is -0.397 e. The van der Waals surface area contributed by atoms with E-state index < -0.39 is 0 Å². The van der Waals surface area contributed by atoms with Crippen LogP contribution in [0.15, 0.2) is 54.1 Å². The van der Waals surface area contributed by atoms with Crippen LogP contribution in [0.5, 0.6) is 0 Å². The van der Waals surface area contributed by atoms with Gasteiger partial charge in [0.2, 0.25) is 0 Å². The number of benzene rings is 1. The number of pyridine rings is 1. The predicted octanol–water partition coefficient (Wildman–Crippen LogP) is 4.17. The first-order valence-electron chi connectivity index (χ1n) is 7.44. The van der Waals surface area contributed by atoms with Crippen molar-refractivity contribution < 1.29 is 0 Å². The maximum absolute atomic E-state index is 6.13. The third kappa shape index (κ3) is 2.25. The highest BCUT2D eigenvalue weighted by Crippen LogP contribution is 2.36. The van der Waals surface area contributed by atoms with Gasteiger partial charge in [0, 0.05) is 24.7 Å². The molecule has 2 N–H and O–H groups in total. The third-order valence-corrected chi connectivity index (χ3v) is 5.08. The van der Waals surface area contributed by atoms with E-state index in [2.05, 4.69) is 52.4 Å². The summed E-state index contributed by atoms with van der Waals surface area (Å²) in [7, 11) is 0. The van der Waals surface area contributed by atoms with Crippen LogP contribution >= 0.6 is 11.3 Å². The Hall–Kier alpha value is -2.33. The minimum absolute atomic E-state index is 0.834. The fourth-order valence-electron chi connectivity index (χ4n) is 3.04. The Bertz CT molecular complexity index is 836.